The van der Waals surface area contributed by atoms with Crippen LogP contribution in [0.3, 0.4) is 0 Å². The summed E-state index contributed by atoms with van der Waals surface area (Å²) in [6.45, 7) is 4.56. The first-order valence-corrected chi connectivity index (χ1v) is 8.40. The number of pyridine rings is 1. The molecule has 0 saturated carbocycles. The van der Waals surface area contributed by atoms with E-state index in [9.17, 15) is 4.79 Å². The summed E-state index contributed by atoms with van der Waals surface area (Å²) in [5.41, 5.74) is 3.77. The van der Waals surface area contributed by atoms with E-state index in [4.69, 9.17) is 4.74 Å². The van der Waals surface area contributed by atoms with E-state index in [2.05, 4.69) is 20.9 Å². The average molecular weight is 372 g/mol. The molecule has 4 heteroatoms. The Morgan fingerprint density at radius 2 is 1.87 bits per heavy atom. The van der Waals surface area contributed by atoms with Crippen LogP contribution in [0.25, 0.3) is 10.9 Å². The van der Waals surface area contributed by atoms with Gasteiger partial charge < -0.3 is 9.72 Å². The van der Waals surface area contributed by atoms with E-state index < -0.39 is 0 Å². The molecular weight excluding hydrogens is 354 g/mol. The Morgan fingerprint density at radius 3 is 2.57 bits per heavy atom. The van der Waals surface area contributed by atoms with Gasteiger partial charge in [-0.05, 0) is 49.7 Å². The molecule has 1 heterocycles. The highest BCUT2D eigenvalue weighted by Gasteiger charge is 2.10. The SMILES string of the molecule is CCOc1ccc(Cc2c(C)[nH]c3ccc(Br)cc3c2=O)cc1. The lowest BCUT2D eigenvalue weighted by Crippen LogP contribution is -2.13. The van der Waals surface area contributed by atoms with Gasteiger partial charge in [0.15, 0.2) is 5.43 Å². The maximum Gasteiger partial charge on any atom is 0.193 e. The molecule has 0 unspecified atom stereocenters. The number of benzene rings is 2. The highest BCUT2D eigenvalue weighted by molar-refractivity contribution is 9.10. The number of aryl methyl sites for hydroxylation is 1. The number of rotatable bonds is 4. The summed E-state index contributed by atoms with van der Waals surface area (Å²) in [4.78, 5) is 16.1. The minimum Gasteiger partial charge on any atom is -0.494 e. The third kappa shape index (κ3) is 3.32. The van der Waals surface area contributed by atoms with Crippen molar-refractivity contribution in [3.05, 3.63) is 74.0 Å². The molecule has 0 atom stereocenters. The Morgan fingerprint density at radius 1 is 1.13 bits per heavy atom. The van der Waals surface area contributed by atoms with Gasteiger partial charge >= 0.3 is 0 Å². The first kappa shape index (κ1) is 15.8. The van der Waals surface area contributed by atoms with Crippen LogP contribution >= 0.6 is 15.9 Å². The van der Waals surface area contributed by atoms with Crippen LogP contribution in [0, 0.1) is 6.92 Å². The lowest BCUT2D eigenvalue weighted by Gasteiger charge is -2.09. The molecule has 1 aromatic heterocycles. The van der Waals surface area contributed by atoms with Crippen molar-refractivity contribution in [2.75, 3.05) is 6.61 Å². The summed E-state index contributed by atoms with van der Waals surface area (Å²) in [5.74, 6) is 0.851. The molecule has 0 bridgehead atoms. The van der Waals surface area contributed by atoms with Gasteiger partial charge in [0.2, 0.25) is 0 Å². The Kier molecular flexibility index (Phi) is 4.53. The summed E-state index contributed by atoms with van der Waals surface area (Å²) < 4.78 is 6.36. The van der Waals surface area contributed by atoms with Crippen molar-refractivity contribution in [3.63, 3.8) is 0 Å². The zero-order valence-corrected chi connectivity index (χ0v) is 14.7. The molecule has 0 aliphatic heterocycles. The predicted octanol–water partition coefficient (Wildman–Crippen LogP) is 4.59. The van der Waals surface area contributed by atoms with Crippen molar-refractivity contribution in [3.8, 4) is 5.75 Å². The van der Waals surface area contributed by atoms with Crippen LogP contribution in [-0.2, 0) is 6.42 Å². The fourth-order valence-corrected chi connectivity index (χ4v) is 3.07. The number of halogens is 1. The van der Waals surface area contributed by atoms with Crippen LogP contribution in [0.5, 0.6) is 5.75 Å². The summed E-state index contributed by atoms with van der Waals surface area (Å²) in [6, 6.07) is 13.6. The fraction of sp³-hybridized carbons (Fsp3) is 0.211. The average Bonchev–Trinajstić information content (AvgIpc) is 2.54. The number of ether oxygens (including phenoxy) is 1. The van der Waals surface area contributed by atoms with E-state index in [1.807, 2.05) is 56.3 Å². The van der Waals surface area contributed by atoms with Gasteiger partial charge in [-0.25, -0.2) is 0 Å². The standard InChI is InChI=1S/C19H18BrNO2/c1-3-23-15-7-4-13(5-8-15)10-16-12(2)21-18-9-6-14(20)11-17(18)19(16)22/h4-9,11H,3,10H2,1-2H3,(H,21,22). The maximum atomic E-state index is 12.8. The third-order valence-electron chi connectivity index (χ3n) is 3.89. The minimum atomic E-state index is 0.0893. The Bertz CT molecular complexity index is 898. The smallest absolute Gasteiger partial charge is 0.193 e. The lowest BCUT2D eigenvalue weighted by atomic mass is 10.0. The summed E-state index contributed by atoms with van der Waals surface area (Å²) in [6.07, 6.45) is 0.607. The minimum absolute atomic E-state index is 0.0893. The third-order valence-corrected chi connectivity index (χ3v) is 4.38. The van der Waals surface area contributed by atoms with Gasteiger partial charge in [-0.1, -0.05) is 28.1 Å². The molecule has 0 fully saturated rings. The zero-order chi connectivity index (χ0) is 16.4. The van der Waals surface area contributed by atoms with Gasteiger partial charge in [-0.15, -0.1) is 0 Å². The van der Waals surface area contributed by atoms with E-state index >= 15 is 0 Å². The molecule has 0 aliphatic carbocycles. The van der Waals surface area contributed by atoms with E-state index in [-0.39, 0.29) is 5.43 Å². The van der Waals surface area contributed by atoms with Crippen molar-refractivity contribution in [2.45, 2.75) is 20.3 Å². The largest absolute Gasteiger partial charge is 0.494 e. The van der Waals surface area contributed by atoms with E-state index in [1.165, 1.54) is 0 Å². The Hall–Kier alpha value is -2.07. The van der Waals surface area contributed by atoms with E-state index in [0.717, 1.165) is 32.6 Å². The molecule has 2 aromatic carbocycles. The van der Waals surface area contributed by atoms with Crippen LogP contribution in [0.1, 0.15) is 23.7 Å². The van der Waals surface area contributed by atoms with Crippen molar-refractivity contribution in [2.24, 2.45) is 0 Å². The second-order valence-corrected chi connectivity index (χ2v) is 6.42. The van der Waals surface area contributed by atoms with Gasteiger partial charge in [0.25, 0.3) is 0 Å². The Balaban J connectivity index is 2.00. The quantitative estimate of drug-likeness (QED) is 0.728. The maximum absolute atomic E-state index is 12.8. The Labute approximate surface area is 143 Å². The predicted molar refractivity (Wildman–Crippen MR) is 97.4 cm³/mol. The van der Waals surface area contributed by atoms with Gasteiger partial charge in [0.05, 0.1) is 6.61 Å². The van der Waals surface area contributed by atoms with Gasteiger partial charge in [-0.3, -0.25) is 4.79 Å². The first-order chi connectivity index (χ1) is 11.1. The summed E-state index contributed by atoms with van der Waals surface area (Å²) in [5, 5.41) is 0.714. The van der Waals surface area contributed by atoms with E-state index in [1.54, 1.807) is 0 Å². The second kappa shape index (κ2) is 6.59. The van der Waals surface area contributed by atoms with Crippen molar-refractivity contribution >= 4 is 26.8 Å². The highest BCUT2D eigenvalue weighted by Crippen LogP contribution is 2.19. The van der Waals surface area contributed by atoms with Crippen LogP contribution in [0.4, 0.5) is 0 Å². The fourth-order valence-electron chi connectivity index (χ4n) is 2.71. The van der Waals surface area contributed by atoms with Crippen molar-refractivity contribution in [1.82, 2.24) is 4.98 Å². The molecule has 0 amide bonds. The number of H-pyrrole nitrogens is 1. The number of nitrogens with one attached hydrogen (secondary N) is 1. The van der Waals surface area contributed by atoms with Crippen LogP contribution in [-0.4, -0.2) is 11.6 Å². The monoisotopic (exact) mass is 371 g/mol. The van der Waals surface area contributed by atoms with Crippen LogP contribution in [0.2, 0.25) is 0 Å². The topological polar surface area (TPSA) is 42.1 Å². The van der Waals surface area contributed by atoms with E-state index in [0.29, 0.717) is 18.4 Å². The van der Waals surface area contributed by atoms with Crippen molar-refractivity contribution < 1.29 is 4.74 Å². The molecule has 0 radical (unpaired) electrons. The second-order valence-electron chi connectivity index (χ2n) is 5.50. The number of fused-ring (bicyclic) bond motifs is 1. The molecule has 23 heavy (non-hydrogen) atoms. The molecule has 0 spiro atoms. The van der Waals surface area contributed by atoms with Gasteiger partial charge in [-0.2, -0.15) is 0 Å². The molecule has 3 nitrogen and oxygen atoms in total. The normalized spacial score (nSPS) is 10.9. The van der Waals surface area contributed by atoms with Crippen molar-refractivity contribution in [1.29, 1.82) is 0 Å². The summed E-state index contributed by atoms with van der Waals surface area (Å²) in [7, 11) is 0. The van der Waals surface area contributed by atoms with Crippen LogP contribution in [0.15, 0.2) is 51.7 Å². The highest BCUT2D eigenvalue weighted by atomic mass is 79.9. The van der Waals surface area contributed by atoms with Crippen LogP contribution < -0.4 is 10.2 Å². The number of hydrogen-bond donors (Lipinski definition) is 1. The van der Waals surface area contributed by atoms with Gasteiger partial charge in [0, 0.05) is 33.1 Å². The molecule has 0 aliphatic rings. The zero-order valence-electron chi connectivity index (χ0n) is 13.2. The first-order valence-electron chi connectivity index (χ1n) is 7.61. The molecule has 3 rings (SSSR count). The molecular formula is C19H18BrNO2. The summed E-state index contributed by atoms with van der Waals surface area (Å²) >= 11 is 3.43. The molecule has 0 saturated heterocycles. The molecule has 1 N–H and O–H groups in total. The lowest BCUT2D eigenvalue weighted by molar-refractivity contribution is 0.340. The molecule has 118 valence electrons. The van der Waals surface area contributed by atoms with Gasteiger partial charge in [0.1, 0.15) is 5.75 Å². The number of hydrogen-bond acceptors (Lipinski definition) is 2. The molecule has 3 aromatic rings. The number of aromatic amines is 1. The number of aromatic nitrogens is 1.